The highest BCUT2D eigenvalue weighted by atomic mass is 35.5. The maximum atomic E-state index is 11.2. The van der Waals surface area contributed by atoms with Crippen molar-refractivity contribution in [2.24, 2.45) is 0 Å². The van der Waals surface area contributed by atoms with Crippen LogP contribution < -0.4 is 10.5 Å². The van der Waals surface area contributed by atoms with E-state index < -0.39 is 10.0 Å². The van der Waals surface area contributed by atoms with Crippen LogP contribution in [0.3, 0.4) is 0 Å². The van der Waals surface area contributed by atoms with Crippen molar-refractivity contribution in [3.63, 3.8) is 0 Å². The highest BCUT2D eigenvalue weighted by molar-refractivity contribution is 7.99. The summed E-state index contributed by atoms with van der Waals surface area (Å²) in [4.78, 5) is 0. The Labute approximate surface area is 156 Å². The molecule has 0 aliphatic heterocycles. The van der Waals surface area contributed by atoms with Crippen molar-refractivity contribution in [2.75, 3.05) is 24.3 Å². The van der Waals surface area contributed by atoms with Crippen LogP contribution in [0.4, 0.5) is 5.69 Å². The molecule has 0 spiro atoms. The van der Waals surface area contributed by atoms with Gasteiger partial charge < -0.3 is 5.73 Å². The van der Waals surface area contributed by atoms with Crippen LogP contribution in [0.25, 0.3) is 0 Å². The number of rotatable bonds is 7. The van der Waals surface area contributed by atoms with Crippen LogP contribution in [-0.2, 0) is 10.0 Å². The SMILES string of the molecule is CS(=O)(=O)NCCSC(c1cc(Cl)ccc1N)c1ccccc1Cl. The molecule has 0 aliphatic carbocycles. The lowest BCUT2D eigenvalue weighted by molar-refractivity contribution is 0.590. The number of thioether (sulfide) groups is 1. The molecule has 3 N–H and O–H groups in total. The van der Waals surface area contributed by atoms with Crippen molar-refractivity contribution >= 4 is 50.7 Å². The summed E-state index contributed by atoms with van der Waals surface area (Å²) in [5.74, 6) is 0.564. The van der Waals surface area contributed by atoms with Gasteiger partial charge in [-0.3, -0.25) is 0 Å². The van der Waals surface area contributed by atoms with E-state index in [1.54, 1.807) is 23.9 Å². The summed E-state index contributed by atoms with van der Waals surface area (Å²) in [5, 5.41) is 1.08. The van der Waals surface area contributed by atoms with Crippen molar-refractivity contribution in [1.82, 2.24) is 4.72 Å². The molecule has 0 saturated carbocycles. The van der Waals surface area contributed by atoms with Gasteiger partial charge in [0.2, 0.25) is 10.0 Å². The predicted molar refractivity (Wildman–Crippen MR) is 104 cm³/mol. The van der Waals surface area contributed by atoms with Gasteiger partial charge in [0.15, 0.2) is 0 Å². The molecule has 0 saturated heterocycles. The molecule has 2 rings (SSSR count). The molecule has 1 atom stereocenters. The van der Waals surface area contributed by atoms with Crippen LogP contribution in [0.5, 0.6) is 0 Å². The van der Waals surface area contributed by atoms with Crippen molar-refractivity contribution in [1.29, 1.82) is 0 Å². The monoisotopic (exact) mass is 404 g/mol. The highest BCUT2D eigenvalue weighted by Gasteiger charge is 2.20. The standard InChI is InChI=1S/C16H18Cl2N2O2S2/c1-24(21,22)20-8-9-23-16(12-4-2-3-5-14(12)18)13-10-11(17)6-7-15(13)19/h2-7,10,16,20H,8-9,19H2,1H3. The van der Waals surface area contributed by atoms with Crippen molar-refractivity contribution in [3.8, 4) is 0 Å². The number of nitrogens with two attached hydrogens (primary N) is 1. The van der Waals surface area contributed by atoms with E-state index in [9.17, 15) is 8.42 Å². The molecule has 24 heavy (non-hydrogen) atoms. The number of hydrogen-bond donors (Lipinski definition) is 2. The fourth-order valence-electron chi connectivity index (χ4n) is 2.21. The molecule has 4 nitrogen and oxygen atoms in total. The second-order valence-corrected chi connectivity index (χ2v) is 9.10. The average Bonchev–Trinajstić information content (AvgIpc) is 2.50. The quantitative estimate of drug-likeness (QED) is 0.541. The zero-order chi connectivity index (χ0) is 17.7. The molecule has 0 heterocycles. The van der Waals surface area contributed by atoms with Crippen molar-refractivity contribution < 1.29 is 8.42 Å². The molecule has 0 aromatic heterocycles. The summed E-state index contributed by atoms with van der Waals surface area (Å²) in [5.41, 5.74) is 8.52. The summed E-state index contributed by atoms with van der Waals surface area (Å²) >= 11 is 14.0. The minimum Gasteiger partial charge on any atom is -0.398 e. The van der Waals surface area contributed by atoms with E-state index in [4.69, 9.17) is 28.9 Å². The van der Waals surface area contributed by atoms with Gasteiger partial charge in [0, 0.05) is 28.0 Å². The Morgan fingerprint density at radius 1 is 1.17 bits per heavy atom. The lowest BCUT2D eigenvalue weighted by atomic mass is 10.0. The Morgan fingerprint density at radius 2 is 1.88 bits per heavy atom. The largest absolute Gasteiger partial charge is 0.398 e. The molecular formula is C16H18Cl2N2O2S2. The number of benzene rings is 2. The lowest BCUT2D eigenvalue weighted by Gasteiger charge is -2.21. The maximum Gasteiger partial charge on any atom is 0.208 e. The minimum absolute atomic E-state index is 0.140. The molecule has 0 fully saturated rings. The third kappa shape index (κ3) is 5.57. The van der Waals surface area contributed by atoms with Gasteiger partial charge in [0.05, 0.1) is 11.5 Å². The number of nitrogen functional groups attached to an aromatic ring is 1. The number of hydrogen-bond acceptors (Lipinski definition) is 4. The van der Waals surface area contributed by atoms with E-state index in [0.717, 1.165) is 17.4 Å². The summed E-state index contributed by atoms with van der Waals surface area (Å²) in [6.07, 6.45) is 1.14. The Bertz CT molecular complexity index is 813. The molecule has 2 aromatic rings. The maximum absolute atomic E-state index is 11.2. The van der Waals surface area contributed by atoms with Crippen LogP contribution in [-0.4, -0.2) is 27.0 Å². The van der Waals surface area contributed by atoms with E-state index in [0.29, 0.717) is 28.0 Å². The molecule has 0 aliphatic rings. The summed E-state index contributed by atoms with van der Waals surface area (Å²) in [6, 6.07) is 12.8. The van der Waals surface area contributed by atoms with Crippen LogP contribution in [0.2, 0.25) is 10.0 Å². The fraction of sp³-hybridized carbons (Fsp3) is 0.250. The first kappa shape index (κ1) is 19.4. The van der Waals surface area contributed by atoms with Gasteiger partial charge in [-0.25, -0.2) is 13.1 Å². The fourth-order valence-corrected chi connectivity index (χ4v) is 4.53. The van der Waals surface area contributed by atoms with Gasteiger partial charge in [-0.05, 0) is 35.4 Å². The number of sulfonamides is 1. The Balaban J connectivity index is 2.29. The highest BCUT2D eigenvalue weighted by Crippen LogP contribution is 2.41. The summed E-state index contributed by atoms with van der Waals surface area (Å²) in [7, 11) is -3.21. The normalized spacial score (nSPS) is 13.0. The molecule has 8 heteroatoms. The number of anilines is 1. The van der Waals surface area contributed by atoms with E-state index in [1.807, 2.05) is 30.3 Å². The second kappa shape index (κ2) is 8.45. The van der Waals surface area contributed by atoms with Crippen LogP contribution in [0, 0.1) is 0 Å². The summed E-state index contributed by atoms with van der Waals surface area (Å²) in [6.45, 7) is 0.324. The first-order valence-corrected chi connectivity index (χ1v) is 10.8. The molecule has 0 bridgehead atoms. The van der Waals surface area contributed by atoms with Gasteiger partial charge in [-0.2, -0.15) is 0 Å². The third-order valence-electron chi connectivity index (χ3n) is 3.27. The van der Waals surface area contributed by atoms with E-state index >= 15 is 0 Å². The Hall–Kier alpha value is -0.920. The molecular weight excluding hydrogens is 387 g/mol. The number of halogens is 2. The Kier molecular flexibility index (Phi) is 6.83. The zero-order valence-electron chi connectivity index (χ0n) is 13.0. The van der Waals surface area contributed by atoms with Crippen molar-refractivity contribution in [2.45, 2.75) is 5.25 Å². The van der Waals surface area contributed by atoms with Crippen LogP contribution in [0.15, 0.2) is 42.5 Å². The minimum atomic E-state index is -3.21. The summed E-state index contributed by atoms with van der Waals surface area (Å²) < 4.78 is 24.9. The zero-order valence-corrected chi connectivity index (χ0v) is 16.1. The molecule has 0 radical (unpaired) electrons. The first-order chi connectivity index (χ1) is 11.3. The molecule has 130 valence electrons. The van der Waals surface area contributed by atoms with Gasteiger partial charge in [0.25, 0.3) is 0 Å². The smallest absolute Gasteiger partial charge is 0.208 e. The van der Waals surface area contributed by atoms with Crippen molar-refractivity contribution in [3.05, 3.63) is 63.6 Å². The molecule has 1 unspecified atom stereocenters. The van der Waals surface area contributed by atoms with Gasteiger partial charge in [-0.15, -0.1) is 11.8 Å². The Morgan fingerprint density at radius 3 is 2.54 bits per heavy atom. The van der Waals surface area contributed by atoms with Gasteiger partial charge in [-0.1, -0.05) is 41.4 Å². The van der Waals surface area contributed by atoms with Crippen LogP contribution >= 0.6 is 35.0 Å². The van der Waals surface area contributed by atoms with Gasteiger partial charge in [0.1, 0.15) is 0 Å². The predicted octanol–water partition coefficient (Wildman–Crippen LogP) is 3.95. The first-order valence-electron chi connectivity index (χ1n) is 7.13. The second-order valence-electron chi connectivity index (χ2n) is 5.21. The topological polar surface area (TPSA) is 72.2 Å². The van der Waals surface area contributed by atoms with Gasteiger partial charge >= 0.3 is 0 Å². The molecule has 2 aromatic carbocycles. The lowest BCUT2D eigenvalue weighted by Crippen LogP contribution is -2.24. The van der Waals surface area contributed by atoms with E-state index in [2.05, 4.69) is 4.72 Å². The average molecular weight is 405 g/mol. The van der Waals surface area contributed by atoms with Crippen LogP contribution in [0.1, 0.15) is 16.4 Å². The van der Waals surface area contributed by atoms with E-state index in [1.165, 1.54) is 0 Å². The molecule has 0 amide bonds. The third-order valence-corrected chi connectivity index (χ3v) is 5.86. The number of nitrogens with one attached hydrogen (secondary N) is 1. The van der Waals surface area contributed by atoms with E-state index in [-0.39, 0.29) is 5.25 Å².